The van der Waals surface area contributed by atoms with Gasteiger partial charge in [0, 0.05) is 9.50 Å². The Labute approximate surface area is 112 Å². The third kappa shape index (κ3) is 2.31. The molecule has 0 saturated carbocycles. The molecule has 17 heavy (non-hydrogen) atoms. The predicted octanol–water partition coefficient (Wildman–Crippen LogP) is 2.69. The maximum atomic E-state index is 7.45. The zero-order valence-electron chi connectivity index (χ0n) is 12.5. The molecule has 0 amide bonds. The minimum atomic E-state index is -2.05. The molecule has 0 bridgehead atoms. The van der Waals surface area contributed by atoms with Crippen LogP contribution in [0.1, 0.15) is 28.6 Å². The van der Waals surface area contributed by atoms with Crippen molar-refractivity contribution in [3.05, 3.63) is 30.0 Å². The fourth-order valence-corrected chi connectivity index (χ4v) is 2.40. The SMILES string of the molecule is Cl.[2H]C([2H])([2H])c1ccc2c(cnn2C2CCNCC2)c1. The zero-order chi connectivity index (χ0) is 13.5. The van der Waals surface area contributed by atoms with Crippen molar-refractivity contribution in [2.75, 3.05) is 13.1 Å². The number of hydrogen-bond donors (Lipinski definition) is 1. The van der Waals surface area contributed by atoms with Gasteiger partial charge in [0.25, 0.3) is 0 Å². The second-order valence-corrected chi connectivity index (χ2v) is 4.34. The van der Waals surface area contributed by atoms with Crippen molar-refractivity contribution >= 4 is 23.3 Å². The van der Waals surface area contributed by atoms with E-state index >= 15 is 0 Å². The average Bonchev–Trinajstić information content (AvgIpc) is 2.81. The molecule has 1 aliphatic heterocycles. The molecule has 1 aromatic carbocycles. The number of rotatable bonds is 1. The highest BCUT2D eigenvalue weighted by atomic mass is 35.5. The molecule has 0 aliphatic carbocycles. The van der Waals surface area contributed by atoms with Crippen LogP contribution >= 0.6 is 12.4 Å². The van der Waals surface area contributed by atoms with Gasteiger partial charge in [-0.25, -0.2) is 0 Å². The summed E-state index contributed by atoms with van der Waals surface area (Å²) in [6, 6.07) is 5.71. The summed E-state index contributed by atoms with van der Waals surface area (Å²) in [4.78, 5) is 0. The van der Waals surface area contributed by atoms with Crippen molar-refractivity contribution in [3.63, 3.8) is 0 Å². The Morgan fingerprint density at radius 1 is 1.41 bits per heavy atom. The molecular weight excluding hydrogens is 234 g/mol. The van der Waals surface area contributed by atoms with Crippen LogP contribution in [0.4, 0.5) is 0 Å². The lowest BCUT2D eigenvalue weighted by Crippen LogP contribution is -2.29. The number of fused-ring (bicyclic) bond motifs is 1. The Morgan fingerprint density at radius 2 is 2.24 bits per heavy atom. The van der Waals surface area contributed by atoms with Gasteiger partial charge >= 0.3 is 0 Å². The normalized spacial score (nSPS) is 20.4. The summed E-state index contributed by atoms with van der Waals surface area (Å²) in [7, 11) is 0. The molecule has 1 aromatic heterocycles. The molecule has 4 heteroatoms. The van der Waals surface area contributed by atoms with Crippen LogP contribution in [0.15, 0.2) is 24.4 Å². The van der Waals surface area contributed by atoms with Gasteiger partial charge in [0.15, 0.2) is 0 Å². The van der Waals surface area contributed by atoms with Gasteiger partial charge in [0.05, 0.1) is 17.8 Å². The van der Waals surface area contributed by atoms with E-state index in [1.54, 1.807) is 18.3 Å². The van der Waals surface area contributed by atoms with Crippen molar-refractivity contribution in [3.8, 4) is 0 Å². The van der Waals surface area contributed by atoms with Gasteiger partial charge in [-0.2, -0.15) is 5.10 Å². The highest BCUT2D eigenvalue weighted by molar-refractivity contribution is 5.85. The van der Waals surface area contributed by atoms with Crippen LogP contribution in [-0.2, 0) is 0 Å². The molecule has 3 nitrogen and oxygen atoms in total. The number of halogens is 1. The van der Waals surface area contributed by atoms with Crippen LogP contribution in [0.5, 0.6) is 0 Å². The van der Waals surface area contributed by atoms with E-state index in [4.69, 9.17) is 4.11 Å². The van der Waals surface area contributed by atoms with Crippen LogP contribution in [0.2, 0.25) is 0 Å². The van der Waals surface area contributed by atoms with Crippen molar-refractivity contribution in [1.82, 2.24) is 15.1 Å². The summed E-state index contributed by atoms with van der Waals surface area (Å²) in [5.74, 6) is 0. The second kappa shape index (κ2) is 5.07. The highest BCUT2D eigenvalue weighted by Gasteiger charge is 2.17. The summed E-state index contributed by atoms with van der Waals surface area (Å²) in [5.41, 5.74) is 1.41. The Kier molecular flexibility index (Phi) is 2.67. The number of piperidine rings is 1. The summed E-state index contributed by atoms with van der Waals surface area (Å²) in [6.07, 6.45) is 3.90. The Morgan fingerprint density at radius 3 is 3.00 bits per heavy atom. The lowest BCUT2D eigenvalue weighted by molar-refractivity contribution is 0.351. The van der Waals surface area contributed by atoms with Gasteiger partial charge in [-0.3, -0.25) is 4.68 Å². The lowest BCUT2D eigenvalue weighted by Gasteiger charge is -2.23. The molecule has 2 aromatic rings. The Balaban J connectivity index is 0.00000147. The second-order valence-electron chi connectivity index (χ2n) is 4.34. The van der Waals surface area contributed by atoms with Gasteiger partial charge in [0.2, 0.25) is 0 Å². The first-order valence-corrected chi connectivity index (χ1v) is 5.74. The lowest BCUT2D eigenvalue weighted by atomic mass is 10.1. The zero-order valence-corrected chi connectivity index (χ0v) is 10.3. The monoisotopic (exact) mass is 254 g/mol. The highest BCUT2D eigenvalue weighted by Crippen LogP contribution is 2.24. The van der Waals surface area contributed by atoms with Gasteiger partial charge in [-0.15, -0.1) is 12.4 Å². The number of nitrogens with zero attached hydrogens (tertiary/aromatic N) is 2. The van der Waals surface area contributed by atoms with E-state index in [-0.39, 0.29) is 12.4 Å². The predicted molar refractivity (Wildman–Crippen MR) is 72.9 cm³/mol. The van der Waals surface area contributed by atoms with Crippen molar-refractivity contribution in [2.24, 2.45) is 0 Å². The molecule has 1 fully saturated rings. The molecule has 0 atom stereocenters. The third-order valence-electron chi connectivity index (χ3n) is 3.25. The standard InChI is InChI=1S/C13H17N3.ClH/c1-10-2-3-13-11(8-10)9-15-16(13)12-4-6-14-7-5-12;/h2-3,8-9,12,14H,4-7H2,1H3;1H/i1D3;. The molecule has 1 saturated heterocycles. The maximum absolute atomic E-state index is 7.45. The van der Waals surface area contributed by atoms with Gasteiger partial charge in [-0.1, -0.05) is 11.6 Å². The van der Waals surface area contributed by atoms with Crippen LogP contribution in [0.3, 0.4) is 0 Å². The molecule has 2 heterocycles. The van der Waals surface area contributed by atoms with Gasteiger partial charge < -0.3 is 5.32 Å². The quantitative estimate of drug-likeness (QED) is 0.848. The van der Waals surface area contributed by atoms with Crippen molar-refractivity contribution < 1.29 is 4.11 Å². The largest absolute Gasteiger partial charge is 0.317 e. The number of hydrogen-bond acceptors (Lipinski definition) is 2. The fraction of sp³-hybridized carbons (Fsp3) is 0.462. The van der Waals surface area contributed by atoms with E-state index in [2.05, 4.69) is 10.4 Å². The Hall–Kier alpha value is -1.06. The van der Waals surface area contributed by atoms with Crippen LogP contribution in [-0.4, -0.2) is 22.9 Å². The Bertz CT molecular complexity index is 588. The molecule has 1 aliphatic rings. The van der Waals surface area contributed by atoms with E-state index in [0.29, 0.717) is 11.6 Å². The van der Waals surface area contributed by atoms with Crippen LogP contribution in [0, 0.1) is 6.85 Å². The van der Waals surface area contributed by atoms with E-state index in [0.717, 1.165) is 36.8 Å². The molecule has 92 valence electrons. The summed E-state index contributed by atoms with van der Waals surface area (Å²) < 4.78 is 24.4. The summed E-state index contributed by atoms with van der Waals surface area (Å²) in [6.45, 7) is -0.0240. The fourth-order valence-electron chi connectivity index (χ4n) is 2.40. The summed E-state index contributed by atoms with van der Waals surface area (Å²) >= 11 is 0. The molecule has 1 N–H and O–H groups in total. The number of nitrogens with one attached hydrogen (secondary N) is 1. The summed E-state index contributed by atoms with van der Waals surface area (Å²) in [5, 5.41) is 8.70. The average molecular weight is 255 g/mol. The molecule has 0 unspecified atom stereocenters. The molecule has 0 spiro atoms. The molecular formula is C13H18ClN3. The van der Waals surface area contributed by atoms with Crippen molar-refractivity contribution in [1.29, 1.82) is 0 Å². The van der Waals surface area contributed by atoms with Crippen molar-refractivity contribution in [2.45, 2.75) is 25.7 Å². The minimum Gasteiger partial charge on any atom is -0.317 e. The molecule has 0 radical (unpaired) electrons. The first-order chi connectivity index (χ1) is 9.05. The first kappa shape index (κ1) is 8.95. The van der Waals surface area contributed by atoms with Crippen LogP contribution < -0.4 is 5.32 Å². The third-order valence-corrected chi connectivity index (χ3v) is 3.25. The first-order valence-electron chi connectivity index (χ1n) is 7.24. The minimum absolute atomic E-state index is 0. The number of aryl methyl sites for hydroxylation is 1. The number of benzene rings is 1. The molecule has 3 rings (SSSR count). The number of aromatic nitrogens is 2. The van der Waals surface area contributed by atoms with E-state index in [1.807, 2.05) is 10.7 Å². The van der Waals surface area contributed by atoms with Crippen LogP contribution in [0.25, 0.3) is 10.9 Å². The van der Waals surface area contributed by atoms with Gasteiger partial charge in [0.1, 0.15) is 0 Å². The topological polar surface area (TPSA) is 29.9 Å². The smallest absolute Gasteiger partial charge is 0.0685 e. The maximum Gasteiger partial charge on any atom is 0.0685 e. The van der Waals surface area contributed by atoms with E-state index in [1.165, 1.54) is 0 Å². The van der Waals surface area contributed by atoms with E-state index in [9.17, 15) is 0 Å². The van der Waals surface area contributed by atoms with Gasteiger partial charge in [-0.05, 0) is 44.9 Å². The van der Waals surface area contributed by atoms with E-state index < -0.39 is 6.85 Å².